The average molecular weight is 334 g/mol. The minimum atomic E-state index is -0.841. The van der Waals surface area contributed by atoms with Gasteiger partial charge >= 0.3 is 6.09 Å². The van der Waals surface area contributed by atoms with Gasteiger partial charge in [-0.3, -0.25) is 0 Å². The molecule has 1 aliphatic rings. The SMILES string of the molecule is CCCCCc1cc2c(N3CCN(C(=O)O)CC3)ncnc2s1. The van der Waals surface area contributed by atoms with Crippen molar-refractivity contribution in [2.45, 2.75) is 32.6 Å². The number of carboxylic acid groups (broad SMARTS) is 1. The summed E-state index contributed by atoms with van der Waals surface area (Å²) in [5.74, 6) is 0.943. The largest absolute Gasteiger partial charge is 0.465 e. The van der Waals surface area contributed by atoms with Crippen LogP contribution in [0.15, 0.2) is 12.4 Å². The van der Waals surface area contributed by atoms with Crippen molar-refractivity contribution in [3.8, 4) is 0 Å². The molecule has 0 spiro atoms. The van der Waals surface area contributed by atoms with Crippen molar-refractivity contribution in [2.24, 2.45) is 0 Å². The quantitative estimate of drug-likeness (QED) is 0.850. The monoisotopic (exact) mass is 334 g/mol. The highest BCUT2D eigenvalue weighted by Crippen LogP contribution is 2.31. The molecule has 124 valence electrons. The van der Waals surface area contributed by atoms with E-state index in [1.807, 2.05) is 0 Å². The van der Waals surface area contributed by atoms with E-state index in [0.717, 1.165) is 22.5 Å². The zero-order chi connectivity index (χ0) is 16.2. The molecule has 1 aliphatic heterocycles. The van der Waals surface area contributed by atoms with Gasteiger partial charge in [0.25, 0.3) is 0 Å². The number of thiophene rings is 1. The molecule has 2 aromatic rings. The third-order valence-corrected chi connectivity index (χ3v) is 5.34. The summed E-state index contributed by atoms with van der Waals surface area (Å²) >= 11 is 1.75. The molecule has 0 unspecified atom stereocenters. The highest BCUT2D eigenvalue weighted by Gasteiger charge is 2.23. The fourth-order valence-electron chi connectivity index (χ4n) is 2.93. The Morgan fingerprint density at radius 3 is 2.74 bits per heavy atom. The van der Waals surface area contributed by atoms with E-state index in [0.29, 0.717) is 26.2 Å². The van der Waals surface area contributed by atoms with Crippen molar-refractivity contribution >= 4 is 33.5 Å². The molecule has 0 radical (unpaired) electrons. The molecule has 2 aromatic heterocycles. The molecule has 1 saturated heterocycles. The van der Waals surface area contributed by atoms with Crippen LogP contribution in [-0.4, -0.2) is 52.2 Å². The van der Waals surface area contributed by atoms with Crippen molar-refractivity contribution in [3.63, 3.8) is 0 Å². The van der Waals surface area contributed by atoms with E-state index in [-0.39, 0.29) is 0 Å². The normalized spacial score (nSPS) is 15.3. The summed E-state index contributed by atoms with van der Waals surface area (Å²) in [7, 11) is 0. The Hall–Kier alpha value is -1.89. The van der Waals surface area contributed by atoms with Gasteiger partial charge < -0.3 is 14.9 Å². The molecule has 1 fully saturated rings. The van der Waals surface area contributed by atoms with Crippen LogP contribution in [-0.2, 0) is 6.42 Å². The van der Waals surface area contributed by atoms with Crippen LogP contribution < -0.4 is 4.90 Å². The lowest BCUT2D eigenvalue weighted by Gasteiger charge is -2.34. The van der Waals surface area contributed by atoms with Crippen LogP contribution in [0.2, 0.25) is 0 Å². The van der Waals surface area contributed by atoms with E-state index < -0.39 is 6.09 Å². The number of aromatic nitrogens is 2. The molecule has 1 N–H and O–H groups in total. The topological polar surface area (TPSA) is 69.6 Å². The Morgan fingerprint density at radius 1 is 1.26 bits per heavy atom. The van der Waals surface area contributed by atoms with Gasteiger partial charge in [-0.1, -0.05) is 19.8 Å². The van der Waals surface area contributed by atoms with E-state index >= 15 is 0 Å². The molecule has 0 bridgehead atoms. The number of piperazine rings is 1. The molecule has 7 heteroatoms. The van der Waals surface area contributed by atoms with Gasteiger partial charge in [0.1, 0.15) is 17.0 Å². The second-order valence-corrected chi connectivity index (χ2v) is 6.96. The summed E-state index contributed by atoms with van der Waals surface area (Å²) in [4.78, 5) is 25.9. The lowest BCUT2D eigenvalue weighted by atomic mass is 10.2. The van der Waals surface area contributed by atoms with Gasteiger partial charge in [-0.05, 0) is 18.9 Å². The fraction of sp³-hybridized carbons (Fsp3) is 0.562. The van der Waals surface area contributed by atoms with Crippen LogP contribution in [0, 0.1) is 0 Å². The van der Waals surface area contributed by atoms with E-state index in [1.54, 1.807) is 17.7 Å². The van der Waals surface area contributed by atoms with Gasteiger partial charge in [0, 0.05) is 31.1 Å². The smallest absolute Gasteiger partial charge is 0.407 e. The summed E-state index contributed by atoms with van der Waals surface area (Å²) in [6.07, 6.45) is 5.57. The summed E-state index contributed by atoms with van der Waals surface area (Å²) in [5.41, 5.74) is 0. The van der Waals surface area contributed by atoms with Gasteiger partial charge in [0.2, 0.25) is 0 Å². The lowest BCUT2D eigenvalue weighted by molar-refractivity contribution is 0.142. The number of unbranched alkanes of at least 4 members (excludes halogenated alkanes) is 2. The number of amides is 1. The summed E-state index contributed by atoms with van der Waals surface area (Å²) in [6, 6.07) is 2.22. The van der Waals surface area contributed by atoms with Gasteiger partial charge in [0.05, 0.1) is 5.39 Å². The molecular formula is C16H22N4O2S. The molecule has 0 aromatic carbocycles. The highest BCUT2D eigenvalue weighted by molar-refractivity contribution is 7.18. The Kier molecular flexibility index (Phi) is 4.95. The summed E-state index contributed by atoms with van der Waals surface area (Å²) in [5, 5.41) is 10.2. The fourth-order valence-corrected chi connectivity index (χ4v) is 3.96. The third kappa shape index (κ3) is 3.55. The van der Waals surface area contributed by atoms with Crippen molar-refractivity contribution in [1.82, 2.24) is 14.9 Å². The minimum absolute atomic E-state index is 0.522. The van der Waals surface area contributed by atoms with Crippen LogP contribution in [0.25, 0.3) is 10.2 Å². The van der Waals surface area contributed by atoms with E-state index in [9.17, 15) is 4.79 Å². The maximum atomic E-state index is 11.0. The molecule has 0 atom stereocenters. The molecule has 1 amide bonds. The number of rotatable bonds is 5. The Bertz CT molecular complexity index is 680. The number of hydrogen-bond acceptors (Lipinski definition) is 5. The summed E-state index contributed by atoms with van der Waals surface area (Å²) < 4.78 is 0. The van der Waals surface area contributed by atoms with Crippen LogP contribution in [0.5, 0.6) is 0 Å². The highest BCUT2D eigenvalue weighted by atomic mass is 32.1. The predicted octanol–water partition coefficient (Wildman–Crippen LogP) is 3.22. The Balaban J connectivity index is 1.77. The van der Waals surface area contributed by atoms with E-state index in [2.05, 4.69) is 27.9 Å². The maximum absolute atomic E-state index is 11.0. The molecule has 0 aliphatic carbocycles. The first-order chi connectivity index (χ1) is 11.2. The van der Waals surface area contributed by atoms with Gasteiger partial charge in [-0.15, -0.1) is 11.3 Å². The van der Waals surface area contributed by atoms with Crippen molar-refractivity contribution in [1.29, 1.82) is 0 Å². The first-order valence-electron chi connectivity index (χ1n) is 8.15. The van der Waals surface area contributed by atoms with Crippen LogP contribution in [0.4, 0.5) is 10.6 Å². The van der Waals surface area contributed by atoms with Crippen LogP contribution >= 0.6 is 11.3 Å². The number of aryl methyl sites for hydroxylation is 1. The third-order valence-electron chi connectivity index (χ3n) is 4.24. The summed E-state index contributed by atoms with van der Waals surface area (Å²) in [6.45, 7) is 4.62. The maximum Gasteiger partial charge on any atom is 0.407 e. The lowest BCUT2D eigenvalue weighted by Crippen LogP contribution is -2.48. The first-order valence-corrected chi connectivity index (χ1v) is 8.97. The zero-order valence-electron chi connectivity index (χ0n) is 13.4. The van der Waals surface area contributed by atoms with Gasteiger partial charge in [-0.25, -0.2) is 14.8 Å². The van der Waals surface area contributed by atoms with Crippen molar-refractivity contribution in [3.05, 3.63) is 17.3 Å². The molecule has 3 rings (SSSR count). The van der Waals surface area contributed by atoms with Gasteiger partial charge in [-0.2, -0.15) is 0 Å². The second kappa shape index (κ2) is 7.12. The number of hydrogen-bond donors (Lipinski definition) is 1. The molecule has 6 nitrogen and oxygen atoms in total. The number of anilines is 1. The molecule has 3 heterocycles. The number of nitrogens with zero attached hydrogens (tertiary/aromatic N) is 4. The van der Waals surface area contributed by atoms with Crippen molar-refractivity contribution in [2.75, 3.05) is 31.1 Å². The second-order valence-electron chi connectivity index (χ2n) is 5.84. The Morgan fingerprint density at radius 2 is 2.04 bits per heavy atom. The first kappa shape index (κ1) is 16.0. The van der Waals surface area contributed by atoms with E-state index in [4.69, 9.17) is 5.11 Å². The van der Waals surface area contributed by atoms with Crippen molar-refractivity contribution < 1.29 is 9.90 Å². The minimum Gasteiger partial charge on any atom is -0.465 e. The average Bonchev–Trinajstić information content (AvgIpc) is 2.98. The Labute approximate surface area is 139 Å². The zero-order valence-corrected chi connectivity index (χ0v) is 14.2. The number of fused-ring (bicyclic) bond motifs is 1. The van der Waals surface area contributed by atoms with E-state index in [1.165, 1.54) is 29.0 Å². The predicted molar refractivity (Wildman–Crippen MR) is 92.5 cm³/mol. The standard InChI is InChI=1S/C16H22N4O2S/c1-2-3-4-5-12-10-13-14(17-11-18-15(13)23-12)19-6-8-20(9-7-19)16(21)22/h10-11H,2-9H2,1H3,(H,21,22). The molecule has 0 saturated carbocycles. The van der Waals surface area contributed by atoms with Crippen LogP contribution in [0.3, 0.4) is 0 Å². The van der Waals surface area contributed by atoms with Crippen LogP contribution in [0.1, 0.15) is 31.1 Å². The molecule has 23 heavy (non-hydrogen) atoms. The molecular weight excluding hydrogens is 312 g/mol. The van der Waals surface area contributed by atoms with Gasteiger partial charge in [0.15, 0.2) is 0 Å². The number of carbonyl (C=O) groups is 1.